The van der Waals surface area contributed by atoms with Crippen LogP contribution >= 0.6 is 15.9 Å². The number of aryl methyl sites for hydroxylation is 1. The maximum Gasteiger partial charge on any atom is 0.164 e. The van der Waals surface area contributed by atoms with Gasteiger partial charge in [0.1, 0.15) is 24.5 Å². The predicted molar refractivity (Wildman–Crippen MR) is 64.4 cm³/mol. The first-order chi connectivity index (χ1) is 8.19. The van der Waals surface area contributed by atoms with Gasteiger partial charge in [-0.1, -0.05) is 15.9 Å². The Labute approximate surface area is 107 Å². The van der Waals surface area contributed by atoms with E-state index in [0.29, 0.717) is 16.9 Å². The fraction of sp³-hybridized carbons (Fsp3) is 0.273. The largest absolute Gasteiger partial charge is 0.486 e. The van der Waals surface area contributed by atoms with Gasteiger partial charge >= 0.3 is 0 Å². The molecule has 0 aliphatic heterocycles. The van der Waals surface area contributed by atoms with Crippen LogP contribution in [-0.2, 0) is 19.0 Å². The Bertz CT molecular complexity index is 515. The van der Waals surface area contributed by atoms with Crippen molar-refractivity contribution in [2.45, 2.75) is 11.9 Å². The van der Waals surface area contributed by atoms with Crippen molar-refractivity contribution in [3.05, 3.63) is 41.7 Å². The van der Waals surface area contributed by atoms with Gasteiger partial charge in [0, 0.05) is 18.4 Å². The molecule has 1 aromatic carbocycles. The summed E-state index contributed by atoms with van der Waals surface area (Å²) < 4.78 is 20.3. The van der Waals surface area contributed by atoms with Crippen LogP contribution in [0.1, 0.15) is 11.4 Å². The third-order valence-corrected chi connectivity index (χ3v) is 2.91. The molecule has 0 aliphatic rings. The summed E-state index contributed by atoms with van der Waals surface area (Å²) >= 11 is 3.28. The first-order valence-corrected chi connectivity index (χ1v) is 6.12. The van der Waals surface area contributed by atoms with Gasteiger partial charge in [0.2, 0.25) is 0 Å². The van der Waals surface area contributed by atoms with Crippen molar-refractivity contribution in [3.8, 4) is 5.75 Å². The van der Waals surface area contributed by atoms with Gasteiger partial charge in [0.15, 0.2) is 5.82 Å². The van der Waals surface area contributed by atoms with Crippen LogP contribution in [0.4, 0.5) is 4.39 Å². The maximum absolute atomic E-state index is 13.2. The van der Waals surface area contributed by atoms with E-state index in [1.54, 1.807) is 17.8 Å². The van der Waals surface area contributed by atoms with E-state index in [9.17, 15) is 4.39 Å². The lowest BCUT2D eigenvalue weighted by molar-refractivity contribution is 0.288. The Morgan fingerprint density at radius 2 is 2.24 bits per heavy atom. The highest BCUT2D eigenvalue weighted by atomic mass is 79.9. The zero-order valence-electron chi connectivity index (χ0n) is 9.23. The van der Waals surface area contributed by atoms with Gasteiger partial charge in [-0.2, -0.15) is 5.10 Å². The number of hydrogen-bond acceptors (Lipinski definition) is 3. The van der Waals surface area contributed by atoms with Gasteiger partial charge in [0.05, 0.1) is 0 Å². The zero-order chi connectivity index (χ0) is 12.3. The van der Waals surface area contributed by atoms with E-state index < -0.39 is 0 Å². The summed E-state index contributed by atoms with van der Waals surface area (Å²) in [6.07, 6.45) is 1.45. The fourth-order valence-electron chi connectivity index (χ4n) is 1.38. The monoisotopic (exact) mass is 299 g/mol. The molecule has 4 nitrogen and oxygen atoms in total. The van der Waals surface area contributed by atoms with E-state index in [1.165, 1.54) is 18.5 Å². The van der Waals surface area contributed by atoms with E-state index in [0.717, 1.165) is 5.56 Å². The third kappa shape index (κ3) is 3.03. The summed E-state index contributed by atoms with van der Waals surface area (Å²) in [7, 11) is 1.78. The number of benzene rings is 1. The lowest BCUT2D eigenvalue weighted by Crippen LogP contribution is -2.04. The molecule has 2 aromatic rings. The molecule has 0 atom stereocenters. The molecule has 0 radical (unpaired) electrons. The average molecular weight is 300 g/mol. The summed E-state index contributed by atoms with van der Waals surface area (Å²) in [5, 5.41) is 4.51. The Morgan fingerprint density at radius 1 is 1.41 bits per heavy atom. The summed E-state index contributed by atoms with van der Waals surface area (Å²) in [6, 6.07) is 4.60. The normalized spacial score (nSPS) is 10.5. The molecule has 0 aliphatic carbocycles. The highest BCUT2D eigenvalue weighted by Crippen LogP contribution is 2.19. The SMILES string of the molecule is Cn1ncnc1COc1cc(F)cc(CBr)c1. The second-order valence-electron chi connectivity index (χ2n) is 3.52. The number of hydrogen-bond donors (Lipinski definition) is 0. The quantitative estimate of drug-likeness (QED) is 0.814. The lowest BCUT2D eigenvalue weighted by Gasteiger charge is -2.07. The van der Waals surface area contributed by atoms with E-state index >= 15 is 0 Å². The number of nitrogens with zero attached hydrogens (tertiary/aromatic N) is 3. The molecule has 1 heterocycles. The van der Waals surface area contributed by atoms with Crippen molar-refractivity contribution in [1.29, 1.82) is 0 Å². The predicted octanol–water partition coefficient (Wildman–Crippen LogP) is 2.43. The van der Waals surface area contributed by atoms with Crippen LogP contribution in [0.25, 0.3) is 0 Å². The fourth-order valence-corrected chi connectivity index (χ4v) is 1.70. The highest BCUT2D eigenvalue weighted by Gasteiger charge is 2.04. The van der Waals surface area contributed by atoms with E-state index in [-0.39, 0.29) is 12.4 Å². The molecule has 0 bridgehead atoms. The van der Waals surface area contributed by atoms with Crippen molar-refractivity contribution < 1.29 is 9.13 Å². The second kappa shape index (κ2) is 5.27. The summed E-state index contributed by atoms with van der Waals surface area (Å²) in [5.41, 5.74) is 0.831. The standard InChI is InChI=1S/C11H11BrFN3O/c1-16-11(14-7-15-16)6-17-10-3-8(5-12)2-9(13)4-10/h2-4,7H,5-6H2,1H3. The molecular weight excluding hydrogens is 289 g/mol. The Kier molecular flexibility index (Phi) is 3.73. The van der Waals surface area contributed by atoms with Crippen LogP contribution in [0.3, 0.4) is 0 Å². The van der Waals surface area contributed by atoms with Crippen molar-refractivity contribution in [2.75, 3.05) is 0 Å². The van der Waals surface area contributed by atoms with Gasteiger partial charge in [-0.3, -0.25) is 4.68 Å². The topological polar surface area (TPSA) is 39.9 Å². The van der Waals surface area contributed by atoms with Crippen LogP contribution in [-0.4, -0.2) is 14.8 Å². The number of rotatable bonds is 4. The molecule has 0 N–H and O–H groups in total. The van der Waals surface area contributed by atoms with E-state index in [4.69, 9.17) is 4.74 Å². The van der Waals surface area contributed by atoms with Crippen LogP contribution < -0.4 is 4.74 Å². The van der Waals surface area contributed by atoms with Crippen molar-refractivity contribution in [2.24, 2.45) is 7.05 Å². The van der Waals surface area contributed by atoms with E-state index in [2.05, 4.69) is 26.0 Å². The van der Waals surface area contributed by atoms with Gasteiger partial charge < -0.3 is 4.74 Å². The minimum atomic E-state index is -0.310. The number of ether oxygens (including phenoxy) is 1. The minimum absolute atomic E-state index is 0.266. The number of halogens is 2. The van der Waals surface area contributed by atoms with Crippen LogP contribution in [0.2, 0.25) is 0 Å². The molecule has 6 heteroatoms. The number of aromatic nitrogens is 3. The maximum atomic E-state index is 13.2. The highest BCUT2D eigenvalue weighted by molar-refractivity contribution is 9.08. The number of alkyl halides is 1. The van der Waals surface area contributed by atoms with Crippen molar-refractivity contribution >= 4 is 15.9 Å². The van der Waals surface area contributed by atoms with Crippen molar-refractivity contribution in [3.63, 3.8) is 0 Å². The smallest absolute Gasteiger partial charge is 0.164 e. The molecule has 2 rings (SSSR count). The first-order valence-electron chi connectivity index (χ1n) is 5.00. The first kappa shape index (κ1) is 12.0. The lowest BCUT2D eigenvalue weighted by atomic mass is 10.2. The Morgan fingerprint density at radius 3 is 2.88 bits per heavy atom. The molecule has 0 amide bonds. The summed E-state index contributed by atoms with van der Waals surface area (Å²) in [6.45, 7) is 0.266. The third-order valence-electron chi connectivity index (χ3n) is 2.26. The van der Waals surface area contributed by atoms with Crippen LogP contribution in [0, 0.1) is 5.82 Å². The summed E-state index contributed by atoms with van der Waals surface area (Å²) in [5.74, 6) is 0.868. The second-order valence-corrected chi connectivity index (χ2v) is 4.08. The summed E-state index contributed by atoms with van der Waals surface area (Å²) in [4.78, 5) is 4.02. The Balaban J connectivity index is 2.09. The molecule has 0 saturated carbocycles. The molecule has 0 unspecified atom stereocenters. The molecule has 17 heavy (non-hydrogen) atoms. The molecule has 1 aromatic heterocycles. The molecular formula is C11H11BrFN3O. The average Bonchev–Trinajstić information content (AvgIpc) is 2.71. The Hall–Kier alpha value is -1.43. The molecule has 0 spiro atoms. The zero-order valence-corrected chi connectivity index (χ0v) is 10.8. The van der Waals surface area contributed by atoms with Gasteiger partial charge in [-0.05, 0) is 17.7 Å². The molecule has 0 fully saturated rings. The van der Waals surface area contributed by atoms with Crippen LogP contribution in [0.15, 0.2) is 24.5 Å². The molecule has 90 valence electrons. The molecule has 0 saturated heterocycles. The van der Waals surface area contributed by atoms with Crippen molar-refractivity contribution in [1.82, 2.24) is 14.8 Å². The van der Waals surface area contributed by atoms with Crippen LogP contribution in [0.5, 0.6) is 5.75 Å². The van der Waals surface area contributed by atoms with E-state index in [1.807, 2.05) is 0 Å². The van der Waals surface area contributed by atoms with Gasteiger partial charge in [-0.15, -0.1) is 0 Å². The van der Waals surface area contributed by atoms with Gasteiger partial charge in [-0.25, -0.2) is 9.37 Å². The minimum Gasteiger partial charge on any atom is -0.486 e. The van der Waals surface area contributed by atoms with Gasteiger partial charge in [0.25, 0.3) is 0 Å².